The van der Waals surface area contributed by atoms with Gasteiger partial charge in [-0.15, -0.1) is 0 Å². The van der Waals surface area contributed by atoms with Crippen LogP contribution in [0.2, 0.25) is 0 Å². The standard InChI is InChI=1S/C12H21NO3/c1-11(2)3-5-12(6-4-11)7-9(14)13(8-12)10(15)16/h9,14H,3-8H2,1-2H3,(H,15,16). The van der Waals surface area contributed by atoms with Crippen molar-refractivity contribution in [1.82, 2.24) is 4.90 Å². The minimum Gasteiger partial charge on any atom is -0.465 e. The molecule has 1 unspecified atom stereocenters. The molecule has 1 saturated heterocycles. The topological polar surface area (TPSA) is 60.8 Å². The molecule has 0 aromatic carbocycles. The second-order valence-corrected chi connectivity index (χ2v) is 6.26. The van der Waals surface area contributed by atoms with Crippen molar-refractivity contribution in [3.05, 3.63) is 0 Å². The van der Waals surface area contributed by atoms with Crippen LogP contribution in [-0.2, 0) is 0 Å². The van der Waals surface area contributed by atoms with E-state index < -0.39 is 12.3 Å². The molecular formula is C12H21NO3. The molecule has 2 fully saturated rings. The fourth-order valence-corrected chi connectivity index (χ4v) is 3.04. The number of hydrogen-bond acceptors (Lipinski definition) is 2. The summed E-state index contributed by atoms with van der Waals surface area (Å²) in [5.41, 5.74) is 0.431. The number of likely N-dealkylation sites (tertiary alicyclic amines) is 1. The van der Waals surface area contributed by atoms with Crippen molar-refractivity contribution in [3.63, 3.8) is 0 Å². The number of rotatable bonds is 0. The Hall–Kier alpha value is -0.770. The van der Waals surface area contributed by atoms with Crippen LogP contribution in [0.15, 0.2) is 0 Å². The average molecular weight is 227 g/mol. The lowest BCUT2D eigenvalue weighted by atomic mass is 9.65. The lowest BCUT2D eigenvalue weighted by Gasteiger charge is -2.40. The quantitative estimate of drug-likeness (QED) is 0.667. The minimum absolute atomic E-state index is 0.0489. The van der Waals surface area contributed by atoms with E-state index in [-0.39, 0.29) is 5.41 Å². The predicted molar refractivity (Wildman–Crippen MR) is 60.0 cm³/mol. The van der Waals surface area contributed by atoms with Crippen LogP contribution < -0.4 is 0 Å². The normalized spacial score (nSPS) is 31.9. The molecule has 0 aromatic heterocycles. The molecule has 4 nitrogen and oxygen atoms in total. The number of aliphatic hydroxyl groups excluding tert-OH is 1. The van der Waals surface area contributed by atoms with Gasteiger partial charge in [0.1, 0.15) is 6.23 Å². The molecule has 0 aromatic rings. The van der Waals surface area contributed by atoms with E-state index in [1.165, 1.54) is 4.90 Å². The molecule has 1 heterocycles. The van der Waals surface area contributed by atoms with Crippen LogP contribution in [0.5, 0.6) is 0 Å². The third-order valence-corrected chi connectivity index (χ3v) is 4.39. The van der Waals surface area contributed by atoms with Crippen LogP contribution in [0.4, 0.5) is 4.79 Å². The predicted octanol–water partition coefficient (Wildman–Crippen LogP) is 2.28. The highest BCUT2D eigenvalue weighted by molar-refractivity contribution is 5.65. The zero-order valence-electron chi connectivity index (χ0n) is 10.1. The summed E-state index contributed by atoms with van der Waals surface area (Å²) in [6.45, 7) is 5.04. The van der Waals surface area contributed by atoms with Gasteiger partial charge in [-0.25, -0.2) is 4.79 Å². The Balaban J connectivity index is 2.05. The highest BCUT2D eigenvalue weighted by atomic mass is 16.4. The zero-order chi connectivity index (χ0) is 12.0. The minimum atomic E-state index is -0.991. The molecule has 2 N–H and O–H groups in total. The first kappa shape index (κ1) is 11.7. The van der Waals surface area contributed by atoms with Gasteiger partial charge in [-0.3, -0.25) is 4.90 Å². The SMILES string of the molecule is CC1(C)CCC2(CC1)CC(O)N(C(=O)O)C2. The number of aliphatic hydroxyl groups is 1. The third kappa shape index (κ3) is 2.03. The Bertz CT molecular complexity index is 291. The largest absolute Gasteiger partial charge is 0.465 e. The van der Waals surface area contributed by atoms with Gasteiger partial charge in [0.25, 0.3) is 0 Å². The number of nitrogens with zero attached hydrogens (tertiary/aromatic N) is 1. The van der Waals surface area contributed by atoms with Gasteiger partial charge in [-0.05, 0) is 42.9 Å². The maximum absolute atomic E-state index is 10.9. The van der Waals surface area contributed by atoms with Crippen molar-refractivity contribution in [3.8, 4) is 0 Å². The second-order valence-electron chi connectivity index (χ2n) is 6.26. The van der Waals surface area contributed by atoms with E-state index in [2.05, 4.69) is 13.8 Å². The third-order valence-electron chi connectivity index (χ3n) is 4.39. The Morgan fingerprint density at radius 3 is 2.25 bits per heavy atom. The summed E-state index contributed by atoms with van der Waals surface area (Å²) in [7, 11) is 0. The Morgan fingerprint density at radius 1 is 1.25 bits per heavy atom. The zero-order valence-corrected chi connectivity index (χ0v) is 10.1. The summed E-state index contributed by atoms with van der Waals surface area (Å²) in [5, 5.41) is 18.7. The molecule has 2 aliphatic rings. The van der Waals surface area contributed by atoms with Crippen molar-refractivity contribution in [2.75, 3.05) is 6.54 Å². The van der Waals surface area contributed by atoms with E-state index in [0.29, 0.717) is 18.4 Å². The molecule has 0 bridgehead atoms. The van der Waals surface area contributed by atoms with Gasteiger partial charge in [-0.1, -0.05) is 13.8 Å². The van der Waals surface area contributed by atoms with E-state index >= 15 is 0 Å². The van der Waals surface area contributed by atoms with E-state index in [0.717, 1.165) is 25.7 Å². The van der Waals surface area contributed by atoms with Gasteiger partial charge in [0.15, 0.2) is 0 Å². The molecule has 4 heteroatoms. The van der Waals surface area contributed by atoms with Crippen LogP contribution in [-0.4, -0.2) is 34.0 Å². The van der Waals surface area contributed by atoms with Crippen molar-refractivity contribution in [2.24, 2.45) is 10.8 Å². The average Bonchev–Trinajstić information content (AvgIpc) is 2.50. The van der Waals surface area contributed by atoms with Crippen molar-refractivity contribution >= 4 is 6.09 Å². The maximum Gasteiger partial charge on any atom is 0.409 e. The van der Waals surface area contributed by atoms with E-state index in [9.17, 15) is 9.90 Å². The van der Waals surface area contributed by atoms with Gasteiger partial charge >= 0.3 is 6.09 Å². The summed E-state index contributed by atoms with van der Waals surface area (Å²) < 4.78 is 0. The van der Waals surface area contributed by atoms with Gasteiger partial charge in [0, 0.05) is 6.54 Å². The van der Waals surface area contributed by atoms with Crippen molar-refractivity contribution < 1.29 is 15.0 Å². The first-order chi connectivity index (χ1) is 7.34. The smallest absolute Gasteiger partial charge is 0.409 e. The molecule has 1 saturated carbocycles. The Morgan fingerprint density at radius 2 is 1.81 bits per heavy atom. The van der Waals surface area contributed by atoms with Crippen LogP contribution in [0, 0.1) is 10.8 Å². The summed E-state index contributed by atoms with van der Waals surface area (Å²) in [5.74, 6) is 0. The molecular weight excluding hydrogens is 206 g/mol. The van der Waals surface area contributed by atoms with Crippen LogP contribution in [0.1, 0.15) is 46.0 Å². The molecule has 92 valence electrons. The lowest BCUT2D eigenvalue weighted by Crippen LogP contribution is -2.37. The van der Waals surface area contributed by atoms with Crippen LogP contribution in [0.3, 0.4) is 0 Å². The van der Waals surface area contributed by atoms with E-state index in [4.69, 9.17) is 5.11 Å². The van der Waals surface area contributed by atoms with Gasteiger partial charge < -0.3 is 10.2 Å². The monoisotopic (exact) mass is 227 g/mol. The van der Waals surface area contributed by atoms with Gasteiger partial charge in [0.05, 0.1) is 0 Å². The van der Waals surface area contributed by atoms with Crippen molar-refractivity contribution in [1.29, 1.82) is 0 Å². The number of carbonyl (C=O) groups is 1. The van der Waals surface area contributed by atoms with Gasteiger partial charge in [-0.2, -0.15) is 0 Å². The Labute approximate surface area is 96.3 Å². The fraction of sp³-hybridized carbons (Fsp3) is 0.917. The molecule has 1 spiro atoms. The van der Waals surface area contributed by atoms with Crippen LogP contribution in [0.25, 0.3) is 0 Å². The lowest BCUT2D eigenvalue weighted by molar-refractivity contribution is 0.0401. The van der Waals surface area contributed by atoms with E-state index in [1.807, 2.05) is 0 Å². The van der Waals surface area contributed by atoms with E-state index in [1.54, 1.807) is 0 Å². The molecule has 1 aliphatic heterocycles. The van der Waals surface area contributed by atoms with Gasteiger partial charge in [0.2, 0.25) is 0 Å². The number of carboxylic acid groups (broad SMARTS) is 1. The maximum atomic E-state index is 10.9. The highest BCUT2D eigenvalue weighted by Crippen LogP contribution is 2.50. The molecule has 2 rings (SSSR count). The summed E-state index contributed by atoms with van der Waals surface area (Å²) in [6.07, 6.45) is 3.19. The van der Waals surface area contributed by atoms with Crippen LogP contribution >= 0.6 is 0 Å². The molecule has 0 radical (unpaired) electrons. The fourth-order valence-electron chi connectivity index (χ4n) is 3.04. The molecule has 1 atom stereocenters. The number of amides is 1. The first-order valence-electron chi connectivity index (χ1n) is 6.01. The summed E-state index contributed by atoms with van der Waals surface area (Å²) in [4.78, 5) is 12.1. The summed E-state index contributed by atoms with van der Waals surface area (Å²) >= 11 is 0. The summed E-state index contributed by atoms with van der Waals surface area (Å²) in [6, 6.07) is 0. The Kier molecular flexibility index (Phi) is 2.65. The molecule has 16 heavy (non-hydrogen) atoms. The second kappa shape index (κ2) is 3.62. The molecule has 1 aliphatic carbocycles. The van der Waals surface area contributed by atoms with Crippen molar-refractivity contribution in [2.45, 2.75) is 52.2 Å². The first-order valence-corrected chi connectivity index (χ1v) is 6.01. The number of hydrogen-bond donors (Lipinski definition) is 2. The highest BCUT2D eigenvalue weighted by Gasteiger charge is 2.48. The molecule has 1 amide bonds.